The molecule has 0 aromatic rings. The molecule has 3 N–H and O–H groups in total. The Balaban J connectivity index is 2.26. The number of hydrogen-bond acceptors (Lipinski definition) is 4. The van der Waals surface area contributed by atoms with Crippen molar-refractivity contribution in [3.05, 3.63) is 12.7 Å². The number of aliphatic carboxylic acids is 1. The molecule has 76 valence electrons. The van der Waals surface area contributed by atoms with E-state index in [-0.39, 0.29) is 16.5 Å². The molecular weight excluding hydrogens is 204 g/mol. The first-order valence-corrected chi connectivity index (χ1v) is 5.11. The van der Waals surface area contributed by atoms with Crippen molar-refractivity contribution in [2.75, 3.05) is 0 Å². The second kappa shape index (κ2) is 2.99. The van der Waals surface area contributed by atoms with Crippen LogP contribution in [0.5, 0.6) is 0 Å². The molecule has 2 aliphatic rings. The number of thioether (sulfide) groups is 1. The van der Waals surface area contributed by atoms with E-state index in [9.17, 15) is 9.59 Å². The SMILES string of the molecule is C=CC1SC2C(N)C(=O)N2C1C(=O)O. The van der Waals surface area contributed by atoms with Crippen molar-refractivity contribution in [1.29, 1.82) is 0 Å². The van der Waals surface area contributed by atoms with Gasteiger partial charge in [0, 0.05) is 0 Å². The van der Waals surface area contributed by atoms with Crippen LogP contribution in [0, 0.1) is 0 Å². The summed E-state index contributed by atoms with van der Waals surface area (Å²) in [4.78, 5) is 23.6. The average molecular weight is 214 g/mol. The number of hydrogen-bond donors (Lipinski definition) is 2. The summed E-state index contributed by atoms with van der Waals surface area (Å²) in [6, 6.07) is -1.35. The number of nitrogens with two attached hydrogens (primary N) is 1. The Kier molecular flexibility index (Phi) is 2.04. The summed E-state index contributed by atoms with van der Waals surface area (Å²) in [5.41, 5.74) is 5.55. The maximum atomic E-state index is 11.3. The third-order valence-electron chi connectivity index (χ3n) is 2.51. The van der Waals surface area contributed by atoms with Gasteiger partial charge in [0.15, 0.2) is 0 Å². The van der Waals surface area contributed by atoms with E-state index >= 15 is 0 Å². The van der Waals surface area contributed by atoms with Crippen LogP contribution >= 0.6 is 11.8 Å². The van der Waals surface area contributed by atoms with Crippen LogP contribution in [0.1, 0.15) is 0 Å². The molecule has 2 heterocycles. The molecule has 14 heavy (non-hydrogen) atoms. The lowest BCUT2D eigenvalue weighted by Crippen LogP contribution is -2.68. The highest BCUT2D eigenvalue weighted by Crippen LogP contribution is 2.43. The Labute approximate surface area is 84.9 Å². The smallest absolute Gasteiger partial charge is 0.327 e. The van der Waals surface area contributed by atoms with Gasteiger partial charge in [-0.1, -0.05) is 6.08 Å². The lowest BCUT2D eigenvalue weighted by atomic mass is 10.0. The number of carboxylic acid groups (broad SMARTS) is 1. The summed E-state index contributed by atoms with van der Waals surface area (Å²) in [6.07, 6.45) is 1.56. The van der Waals surface area contributed by atoms with Crippen molar-refractivity contribution in [1.82, 2.24) is 4.90 Å². The third kappa shape index (κ3) is 1.01. The van der Waals surface area contributed by atoms with Crippen molar-refractivity contribution in [3.8, 4) is 0 Å². The first-order valence-electron chi connectivity index (χ1n) is 4.16. The molecule has 5 nitrogen and oxygen atoms in total. The van der Waals surface area contributed by atoms with Crippen LogP contribution in [0.4, 0.5) is 0 Å². The van der Waals surface area contributed by atoms with Crippen LogP contribution in [0.25, 0.3) is 0 Å². The second-order valence-corrected chi connectivity index (χ2v) is 4.58. The van der Waals surface area contributed by atoms with E-state index < -0.39 is 18.1 Å². The Morgan fingerprint density at radius 2 is 2.36 bits per heavy atom. The Hall–Kier alpha value is -1.01. The summed E-state index contributed by atoms with van der Waals surface area (Å²) in [7, 11) is 0. The molecule has 0 aromatic carbocycles. The minimum absolute atomic E-state index is 0.188. The number of β-lactam (4-membered cyclic amide) rings is 1. The minimum atomic E-state index is -0.995. The van der Waals surface area contributed by atoms with E-state index in [1.807, 2.05) is 0 Å². The van der Waals surface area contributed by atoms with Gasteiger partial charge in [0.25, 0.3) is 0 Å². The zero-order valence-corrected chi connectivity index (χ0v) is 8.11. The van der Waals surface area contributed by atoms with Crippen molar-refractivity contribution in [3.63, 3.8) is 0 Å². The lowest BCUT2D eigenvalue weighted by Gasteiger charge is -2.41. The van der Waals surface area contributed by atoms with E-state index in [4.69, 9.17) is 10.8 Å². The average Bonchev–Trinajstić information content (AvgIpc) is 2.52. The van der Waals surface area contributed by atoms with E-state index in [0.29, 0.717) is 0 Å². The molecule has 4 atom stereocenters. The fourth-order valence-corrected chi connectivity index (χ4v) is 3.27. The predicted molar refractivity (Wildman–Crippen MR) is 51.6 cm³/mol. The molecule has 0 radical (unpaired) electrons. The Morgan fingerprint density at radius 1 is 1.71 bits per heavy atom. The standard InChI is InChI=1S/C8H10N2O3S/c1-2-3-5(8(12)13)10-6(11)4(9)7(10)14-3/h2-5,7H,1,9H2,(H,12,13). The van der Waals surface area contributed by atoms with Crippen molar-refractivity contribution in [2.45, 2.75) is 22.7 Å². The van der Waals surface area contributed by atoms with Gasteiger partial charge in [-0.05, 0) is 0 Å². The predicted octanol–water partition coefficient (Wildman–Crippen LogP) is -0.763. The molecule has 1 amide bonds. The Morgan fingerprint density at radius 3 is 2.86 bits per heavy atom. The molecule has 2 rings (SSSR count). The second-order valence-electron chi connectivity index (χ2n) is 3.28. The van der Waals surface area contributed by atoms with Crippen molar-refractivity contribution >= 4 is 23.6 Å². The minimum Gasteiger partial charge on any atom is -0.480 e. The van der Waals surface area contributed by atoms with Gasteiger partial charge in [-0.2, -0.15) is 0 Å². The molecular formula is C8H10N2O3S. The molecule has 0 aromatic heterocycles. The lowest BCUT2D eigenvalue weighted by molar-refractivity contribution is -0.157. The summed E-state index contributed by atoms with van der Waals surface area (Å²) in [6.45, 7) is 3.56. The van der Waals surface area contributed by atoms with Gasteiger partial charge in [-0.15, -0.1) is 18.3 Å². The summed E-state index contributed by atoms with van der Waals surface area (Å²) in [5.74, 6) is -1.27. The van der Waals surface area contributed by atoms with Crippen LogP contribution in [-0.2, 0) is 9.59 Å². The fourth-order valence-electron chi connectivity index (χ4n) is 1.79. The molecule has 2 aliphatic heterocycles. The van der Waals surface area contributed by atoms with Crippen molar-refractivity contribution in [2.24, 2.45) is 5.73 Å². The molecule has 2 fully saturated rings. The molecule has 4 unspecified atom stereocenters. The fraction of sp³-hybridized carbons (Fsp3) is 0.500. The summed E-state index contributed by atoms with van der Waals surface area (Å²) < 4.78 is 0. The number of fused-ring (bicyclic) bond motifs is 1. The number of nitrogens with zero attached hydrogens (tertiary/aromatic N) is 1. The highest BCUT2D eigenvalue weighted by molar-refractivity contribution is 8.01. The van der Waals surface area contributed by atoms with Crippen molar-refractivity contribution < 1.29 is 14.7 Å². The van der Waals surface area contributed by atoms with Gasteiger partial charge in [0.1, 0.15) is 17.5 Å². The van der Waals surface area contributed by atoms with Crippen LogP contribution in [0.2, 0.25) is 0 Å². The van der Waals surface area contributed by atoms with Crippen LogP contribution in [-0.4, -0.2) is 44.6 Å². The van der Waals surface area contributed by atoms with Gasteiger partial charge in [0.05, 0.1) is 5.25 Å². The molecule has 0 aliphatic carbocycles. The highest BCUT2D eigenvalue weighted by atomic mass is 32.2. The van der Waals surface area contributed by atoms with Gasteiger partial charge >= 0.3 is 5.97 Å². The van der Waals surface area contributed by atoms with Gasteiger partial charge in [-0.3, -0.25) is 4.79 Å². The molecule has 2 saturated heterocycles. The maximum Gasteiger partial charge on any atom is 0.327 e. The van der Waals surface area contributed by atoms with Crippen LogP contribution < -0.4 is 5.73 Å². The summed E-state index contributed by atoms with van der Waals surface area (Å²) in [5, 5.41) is 8.50. The number of amides is 1. The number of carbonyl (C=O) groups is 2. The van der Waals surface area contributed by atoms with E-state index in [1.54, 1.807) is 6.08 Å². The zero-order valence-electron chi connectivity index (χ0n) is 7.29. The maximum absolute atomic E-state index is 11.3. The number of carboxylic acids is 1. The van der Waals surface area contributed by atoms with Gasteiger partial charge in [0.2, 0.25) is 5.91 Å². The largest absolute Gasteiger partial charge is 0.480 e. The highest BCUT2D eigenvalue weighted by Gasteiger charge is 2.58. The Bertz CT molecular complexity index is 320. The van der Waals surface area contributed by atoms with Crippen LogP contribution in [0.3, 0.4) is 0 Å². The first-order chi connectivity index (χ1) is 6.57. The van der Waals surface area contributed by atoms with Crippen LogP contribution in [0.15, 0.2) is 12.7 Å². The number of rotatable bonds is 2. The van der Waals surface area contributed by atoms with E-state index in [2.05, 4.69) is 6.58 Å². The monoisotopic (exact) mass is 214 g/mol. The number of carbonyl (C=O) groups excluding carboxylic acids is 1. The molecule has 0 spiro atoms. The zero-order chi connectivity index (χ0) is 10.5. The molecule has 0 bridgehead atoms. The quantitative estimate of drug-likeness (QED) is 0.466. The van der Waals surface area contributed by atoms with Gasteiger partial charge < -0.3 is 15.7 Å². The molecule has 6 heteroatoms. The molecule has 0 saturated carbocycles. The van der Waals surface area contributed by atoms with E-state index in [0.717, 1.165) is 0 Å². The first kappa shape index (κ1) is 9.54. The third-order valence-corrected chi connectivity index (χ3v) is 4.08. The van der Waals surface area contributed by atoms with Gasteiger partial charge in [-0.25, -0.2) is 4.79 Å². The topological polar surface area (TPSA) is 83.6 Å². The summed E-state index contributed by atoms with van der Waals surface area (Å²) >= 11 is 1.39. The normalized spacial score (nSPS) is 40.4. The van der Waals surface area contributed by atoms with E-state index in [1.165, 1.54) is 16.7 Å².